The molecule has 1 heterocycles. The summed E-state index contributed by atoms with van der Waals surface area (Å²) >= 11 is 0. The SMILES string of the molecule is C[C@H]1C[C@@H](NCc2ccccc2)CC(=O)N1Cc1ccccc1. The Bertz CT molecular complexity index is 627. The van der Waals surface area contributed by atoms with Gasteiger partial charge in [0.1, 0.15) is 0 Å². The van der Waals surface area contributed by atoms with E-state index in [0.29, 0.717) is 13.0 Å². The van der Waals surface area contributed by atoms with Crippen LogP contribution in [0.25, 0.3) is 0 Å². The maximum absolute atomic E-state index is 12.5. The van der Waals surface area contributed by atoms with Crippen LogP contribution in [-0.2, 0) is 17.9 Å². The highest BCUT2D eigenvalue weighted by atomic mass is 16.2. The van der Waals surface area contributed by atoms with Crippen LogP contribution < -0.4 is 5.32 Å². The molecule has 1 fully saturated rings. The second kappa shape index (κ2) is 7.42. The summed E-state index contributed by atoms with van der Waals surface area (Å²) < 4.78 is 0. The van der Waals surface area contributed by atoms with E-state index < -0.39 is 0 Å². The van der Waals surface area contributed by atoms with Crippen LogP contribution in [0.15, 0.2) is 60.7 Å². The van der Waals surface area contributed by atoms with Crippen LogP contribution in [0.2, 0.25) is 0 Å². The van der Waals surface area contributed by atoms with Gasteiger partial charge >= 0.3 is 0 Å². The largest absolute Gasteiger partial charge is 0.336 e. The molecule has 0 bridgehead atoms. The fourth-order valence-corrected chi connectivity index (χ4v) is 3.23. The third kappa shape index (κ3) is 4.20. The molecular weight excluding hydrogens is 284 g/mol. The number of nitrogens with zero attached hydrogens (tertiary/aromatic N) is 1. The number of carbonyl (C=O) groups is 1. The molecule has 3 heteroatoms. The predicted octanol–water partition coefficient (Wildman–Crippen LogP) is 3.36. The van der Waals surface area contributed by atoms with E-state index in [4.69, 9.17) is 0 Å². The molecule has 1 aliphatic rings. The molecule has 1 saturated heterocycles. The molecule has 0 aromatic heterocycles. The molecule has 0 radical (unpaired) electrons. The number of hydrogen-bond acceptors (Lipinski definition) is 2. The smallest absolute Gasteiger partial charge is 0.224 e. The molecule has 23 heavy (non-hydrogen) atoms. The normalized spacial score (nSPS) is 21.4. The summed E-state index contributed by atoms with van der Waals surface area (Å²) in [4.78, 5) is 14.5. The molecule has 0 aliphatic carbocycles. The van der Waals surface area contributed by atoms with Crippen molar-refractivity contribution >= 4 is 5.91 Å². The van der Waals surface area contributed by atoms with Gasteiger partial charge in [-0.1, -0.05) is 60.7 Å². The van der Waals surface area contributed by atoms with Crippen LogP contribution in [0.5, 0.6) is 0 Å². The Balaban J connectivity index is 1.55. The van der Waals surface area contributed by atoms with Gasteiger partial charge in [0, 0.05) is 31.6 Å². The third-order valence-corrected chi connectivity index (χ3v) is 4.53. The molecule has 1 N–H and O–H groups in total. The van der Waals surface area contributed by atoms with Crippen LogP contribution >= 0.6 is 0 Å². The van der Waals surface area contributed by atoms with E-state index >= 15 is 0 Å². The minimum atomic E-state index is 0.248. The standard InChI is InChI=1S/C20H24N2O/c1-16-12-19(21-14-17-8-4-2-5-9-17)13-20(23)22(16)15-18-10-6-3-7-11-18/h2-11,16,19,21H,12-15H2,1H3/t16-,19+/m0/s1. The lowest BCUT2D eigenvalue weighted by molar-refractivity contribution is -0.137. The first-order chi connectivity index (χ1) is 11.2. The molecule has 0 spiro atoms. The van der Waals surface area contributed by atoms with Crippen molar-refractivity contribution in [1.82, 2.24) is 10.2 Å². The summed E-state index contributed by atoms with van der Waals surface area (Å²) in [5.41, 5.74) is 2.46. The zero-order chi connectivity index (χ0) is 16.1. The number of benzene rings is 2. The molecule has 2 aromatic rings. The van der Waals surface area contributed by atoms with Gasteiger partial charge in [-0.25, -0.2) is 0 Å². The van der Waals surface area contributed by atoms with Gasteiger partial charge in [-0.15, -0.1) is 0 Å². The molecule has 3 rings (SSSR count). The highest BCUT2D eigenvalue weighted by molar-refractivity contribution is 5.78. The quantitative estimate of drug-likeness (QED) is 0.918. The Morgan fingerprint density at radius 1 is 1.00 bits per heavy atom. The minimum Gasteiger partial charge on any atom is -0.336 e. The Morgan fingerprint density at radius 2 is 1.61 bits per heavy atom. The van der Waals surface area contributed by atoms with Crippen molar-refractivity contribution in [2.45, 2.75) is 44.9 Å². The number of piperidine rings is 1. The molecule has 3 nitrogen and oxygen atoms in total. The predicted molar refractivity (Wildman–Crippen MR) is 92.8 cm³/mol. The highest BCUT2D eigenvalue weighted by Crippen LogP contribution is 2.21. The van der Waals surface area contributed by atoms with Crippen molar-refractivity contribution in [3.8, 4) is 0 Å². The summed E-state index contributed by atoms with van der Waals surface area (Å²) in [6.07, 6.45) is 1.59. The Morgan fingerprint density at radius 3 is 2.22 bits per heavy atom. The Labute approximate surface area is 138 Å². The van der Waals surface area contributed by atoms with Crippen molar-refractivity contribution in [2.24, 2.45) is 0 Å². The zero-order valence-electron chi connectivity index (χ0n) is 13.6. The average Bonchev–Trinajstić information content (AvgIpc) is 2.58. The molecule has 1 amide bonds. The lowest BCUT2D eigenvalue weighted by Gasteiger charge is -2.38. The first-order valence-corrected chi connectivity index (χ1v) is 8.33. The van der Waals surface area contributed by atoms with E-state index in [0.717, 1.165) is 13.0 Å². The number of carbonyl (C=O) groups excluding carboxylic acids is 1. The topological polar surface area (TPSA) is 32.3 Å². The number of amides is 1. The van der Waals surface area contributed by atoms with Crippen molar-refractivity contribution in [3.63, 3.8) is 0 Å². The molecule has 2 atom stereocenters. The highest BCUT2D eigenvalue weighted by Gasteiger charge is 2.30. The van der Waals surface area contributed by atoms with Crippen molar-refractivity contribution in [3.05, 3.63) is 71.8 Å². The van der Waals surface area contributed by atoms with Crippen LogP contribution in [0.3, 0.4) is 0 Å². The van der Waals surface area contributed by atoms with Crippen LogP contribution in [0, 0.1) is 0 Å². The molecule has 120 valence electrons. The Kier molecular flexibility index (Phi) is 5.09. The van der Waals surface area contributed by atoms with Gasteiger partial charge in [-0.05, 0) is 24.5 Å². The van der Waals surface area contributed by atoms with E-state index in [9.17, 15) is 4.79 Å². The minimum absolute atomic E-state index is 0.248. The summed E-state index contributed by atoms with van der Waals surface area (Å²) in [5, 5.41) is 3.54. The fraction of sp³-hybridized carbons (Fsp3) is 0.350. The van der Waals surface area contributed by atoms with E-state index in [1.807, 2.05) is 41.3 Å². The molecule has 0 unspecified atom stereocenters. The van der Waals surface area contributed by atoms with Gasteiger partial charge in [-0.2, -0.15) is 0 Å². The van der Waals surface area contributed by atoms with Crippen molar-refractivity contribution in [2.75, 3.05) is 0 Å². The Hall–Kier alpha value is -2.13. The summed E-state index contributed by atoms with van der Waals surface area (Å²) in [6.45, 7) is 3.69. The summed E-state index contributed by atoms with van der Waals surface area (Å²) in [7, 11) is 0. The van der Waals surface area contributed by atoms with Gasteiger partial charge in [0.25, 0.3) is 0 Å². The average molecular weight is 308 g/mol. The van der Waals surface area contributed by atoms with E-state index in [1.54, 1.807) is 0 Å². The van der Waals surface area contributed by atoms with Crippen molar-refractivity contribution in [1.29, 1.82) is 0 Å². The lowest BCUT2D eigenvalue weighted by atomic mass is 9.96. The molecule has 1 aliphatic heterocycles. The van der Waals surface area contributed by atoms with Gasteiger partial charge in [0.05, 0.1) is 0 Å². The number of hydrogen-bond donors (Lipinski definition) is 1. The van der Waals surface area contributed by atoms with E-state index in [1.165, 1.54) is 11.1 Å². The monoisotopic (exact) mass is 308 g/mol. The zero-order valence-corrected chi connectivity index (χ0v) is 13.6. The maximum atomic E-state index is 12.5. The van der Waals surface area contributed by atoms with E-state index in [2.05, 4.69) is 36.5 Å². The molecular formula is C20H24N2O. The van der Waals surface area contributed by atoms with Gasteiger partial charge in [0.15, 0.2) is 0 Å². The van der Waals surface area contributed by atoms with Crippen molar-refractivity contribution < 1.29 is 4.79 Å². The summed E-state index contributed by atoms with van der Waals surface area (Å²) in [5.74, 6) is 0.248. The molecule has 2 aromatic carbocycles. The second-order valence-electron chi connectivity index (χ2n) is 6.36. The van der Waals surface area contributed by atoms with Gasteiger partial charge in [-0.3, -0.25) is 4.79 Å². The van der Waals surface area contributed by atoms with Gasteiger partial charge in [0.2, 0.25) is 5.91 Å². The first-order valence-electron chi connectivity index (χ1n) is 8.33. The van der Waals surface area contributed by atoms with Gasteiger partial charge < -0.3 is 10.2 Å². The summed E-state index contributed by atoms with van der Waals surface area (Å²) in [6, 6.07) is 21.1. The second-order valence-corrected chi connectivity index (χ2v) is 6.36. The fourth-order valence-electron chi connectivity index (χ4n) is 3.23. The lowest BCUT2D eigenvalue weighted by Crippen LogP contribution is -2.50. The number of likely N-dealkylation sites (tertiary alicyclic amines) is 1. The first kappa shape index (κ1) is 15.8. The third-order valence-electron chi connectivity index (χ3n) is 4.53. The number of nitrogens with one attached hydrogen (secondary N) is 1. The molecule has 0 saturated carbocycles. The maximum Gasteiger partial charge on any atom is 0.224 e. The van der Waals surface area contributed by atoms with Crippen LogP contribution in [-0.4, -0.2) is 22.9 Å². The van der Waals surface area contributed by atoms with Crippen LogP contribution in [0.1, 0.15) is 30.9 Å². The number of rotatable bonds is 5. The van der Waals surface area contributed by atoms with E-state index in [-0.39, 0.29) is 18.0 Å². The van der Waals surface area contributed by atoms with Crippen LogP contribution in [0.4, 0.5) is 0 Å².